The molecule has 0 spiro atoms. The molecule has 1 unspecified atom stereocenters. The quantitative estimate of drug-likeness (QED) is 0.874. The maximum atomic E-state index is 5.86. The smallest absolute Gasteiger partial charge is 0.0535 e. The summed E-state index contributed by atoms with van der Waals surface area (Å²) in [5.41, 5.74) is 3.54. The van der Waals surface area contributed by atoms with Crippen LogP contribution in [-0.2, 0) is 6.54 Å². The van der Waals surface area contributed by atoms with E-state index in [9.17, 15) is 0 Å². The third-order valence-corrected chi connectivity index (χ3v) is 3.15. The molecule has 1 aromatic carbocycles. The van der Waals surface area contributed by atoms with Crippen LogP contribution in [0.25, 0.3) is 0 Å². The Morgan fingerprint density at radius 3 is 2.65 bits per heavy atom. The van der Waals surface area contributed by atoms with E-state index < -0.39 is 0 Å². The SMILES string of the molecule is Cc1[nH]ncc1CNC(C)c1ccc(Cl)cc1. The molecule has 0 aliphatic carbocycles. The number of hydrogen-bond acceptors (Lipinski definition) is 2. The minimum Gasteiger partial charge on any atom is -0.306 e. The van der Waals surface area contributed by atoms with Crippen LogP contribution in [0.4, 0.5) is 0 Å². The molecule has 0 aliphatic heterocycles. The largest absolute Gasteiger partial charge is 0.306 e. The summed E-state index contributed by atoms with van der Waals surface area (Å²) >= 11 is 5.86. The van der Waals surface area contributed by atoms with Gasteiger partial charge in [0.15, 0.2) is 0 Å². The Morgan fingerprint density at radius 1 is 1.35 bits per heavy atom. The summed E-state index contributed by atoms with van der Waals surface area (Å²) < 4.78 is 0. The van der Waals surface area contributed by atoms with Crippen LogP contribution in [0.15, 0.2) is 30.5 Å². The molecule has 0 radical (unpaired) electrons. The van der Waals surface area contributed by atoms with Crippen molar-refractivity contribution in [3.8, 4) is 0 Å². The van der Waals surface area contributed by atoms with E-state index in [1.165, 1.54) is 11.1 Å². The Labute approximate surface area is 106 Å². The maximum Gasteiger partial charge on any atom is 0.0535 e. The van der Waals surface area contributed by atoms with Crippen molar-refractivity contribution in [2.45, 2.75) is 26.4 Å². The van der Waals surface area contributed by atoms with Gasteiger partial charge in [0.25, 0.3) is 0 Å². The number of H-pyrrole nitrogens is 1. The van der Waals surface area contributed by atoms with Gasteiger partial charge in [0.1, 0.15) is 0 Å². The fourth-order valence-electron chi connectivity index (χ4n) is 1.69. The first-order valence-corrected chi connectivity index (χ1v) is 6.02. The van der Waals surface area contributed by atoms with E-state index in [1.54, 1.807) is 0 Å². The van der Waals surface area contributed by atoms with Crippen LogP contribution in [0, 0.1) is 6.92 Å². The molecule has 0 saturated carbocycles. The van der Waals surface area contributed by atoms with Crippen molar-refractivity contribution in [1.82, 2.24) is 15.5 Å². The average Bonchev–Trinajstić information content (AvgIpc) is 2.73. The third kappa shape index (κ3) is 3.08. The first kappa shape index (κ1) is 12.1. The minimum absolute atomic E-state index is 0.293. The molecule has 1 aromatic heterocycles. The number of aromatic amines is 1. The van der Waals surface area contributed by atoms with E-state index in [0.717, 1.165) is 17.3 Å². The first-order valence-electron chi connectivity index (χ1n) is 5.64. The molecular weight excluding hydrogens is 234 g/mol. The van der Waals surface area contributed by atoms with Crippen molar-refractivity contribution in [3.63, 3.8) is 0 Å². The van der Waals surface area contributed by atoms with Crippen molar-refractivity contribution < 1.29 is 0 Å². The lowest BCUT2D eigenvalue weighted by molar-refractivity contribution is 0.573. The third-order valence-electron chi connectivity index (χ3n) is 2.90. The number of aromatic nitrogens is 2. The summed E-state index contributed by atoms with van der Waals surface area (Å²) in [6, 6.07) is 8.21. The van der Waals surface area contributed by atoms with Crippen LogP contribution in [0.3, 0.4) is 0 Å². The van der Waals surface area contributed by atoms with E-state index in [-0.39, 0.29) is 0 Å². The molecule has 2 rings (SSSR count). The van der Waals surface area contributed by atoms with Gasteiger partial charge in [-0.25, -0.2) is 0 Å². The highest BCUT2D eigenvalue weighted by molar-refractivity contribution is 6.30. The average molecular weight is 250 g/mol. The van der Waals surface area contributed by atoms with E-state index in [4.69, 9.17) is 11.6 Å². The van der Waals surface area contributed by atoms with Crippen molar-refractivity contribution in [2.75, 3.05) is 0 Å². The zero-order valence-electron chi connectivity index (χ0n) is 10.00. The van der Waals surface area contributed by atoms with E-state index >= 15 is 0 Å². The number of hydrogen-bond donors (Lipinski definition) is 2. The van der Waals surface area contributed by atoms with Gasteiger partial charge in [-0.15, -0.1) is 0 Å². The highest BCUT2D eigenvalue weighted by Gasteiger charge is 2.06. The highest BCUT2D eigenvalue weighted by atomic mass is 35.5. The molecule has 0 amide bonds. The lowest BCUT2D eigenvalue weighted by Gasteiger charge is -2.14. The summed E-state index contributed by atoms with van der Waals surface area (Å²) in [6.07, 6.45) is 1.86. The normalized spacial score (nSPS) is 12.6. The summed E-state index contributed by atoms with van der Waals surface area (Å²) in [5.74, 6) is 0. The van der Waals surface area contributed by atoms with Crippen LogP contribution >= 0.6 is 11.6 Å². The van der Waals surface area contributed by atoms with Crippen LogP contribution in [0.1, 0.15) is 29.8 Å². The van der Waals surface area contributed by atoms with Gasteiger partial charge in [-0.05, 0) is 31.5 Å². The summed E-state index contributed by atoms with van der Waals surface area (Å²) in [7, 11) is 0. The highest BCUT2D eigenvalue weighted by Crippen LogP contribution is 2.16. The fourth-order valence-corrected chi connectivity index (χ4v) is 1.81. The van der Waals surface area contributed by atoms with Gasteiger partial charge in [0.05, 0.1) is 6.20 Å². The van der Waals surface area contributed by atoms with Crippen molar-refractivity contribution in [3.05, 3.63) is 52.3 Å². The second-order valence-corrected chi connectivity index (χ2v) is 4.61. The maximum absolute atomic E-state index is 5.86. The number of nitrogens with zero attached hydrogens (tertiary/aromatic N) is 1. The molecule has 3 nitrogen and oxygen atoms in total. The molecule has 90 valence electrons. The lowest BCUT2D eigenvalue weighted by atomic mass is 10.1. The molecule has 1 heterocycles. The molecule has 1 atom stereocenters. The van der Waals surface area contributed by atoms with Gasteiger partial charge in [0, 0.05) is 28.9 Å². The predicted molar refractivity (Wildman–Crippen MR) is 70.0 cm³/mol. The number of rotatable bonds is 4. The number of halogens is 1. The first-order chi connectivity index (χ1) is 8.16. The summed E-state index contributed by atoms with van der Waals surface area (Å²) in [4.78, 5) is 0. The molecule has 0 bridgehead atoms. The number of benzene rings is 1. The molecule has 0 aliphatic rings. The molecule has 0 saturated heterocycles. The second kappa shape index (κ2) is 5.34. The fraction of sp³-hybridized carbons (Fsp3) is 0.308. The second-order valence-electron chi connectivity index (χ2n) is 4.17. The molecule has 2 N–H and O–H groups in total. The van der Waals surface area contributed by atoms with Gasteiger partial charge < -0.3 is 5.32 Å². The molecule has 0 fully saturated rings. The van der Waals surface area contributed by atoms with Gasteiger partial charge in [-0.2, -0.15) is 5.10 Å². The van der Waals surface area contributed by atoms with Crippen LogP contribution in [0.2, 0.25) is 5.02 Å². The van der Waals surface area contributed by atoms with Crippen LogP contribution < -0.4 is 5.32 Å². The topological polar surface area (TPSA) is 40.7 Å². The number of aryl methyl sites for hydroxylation is 1. The van der Waals surface area contributed by atoms with E-state index in [2.05, 4.69) is 22.4 Å². The van der Waals surface area contributed by atoms with Crippen LogP contribution in [0.5, 0.6) is 0 Å². The van der Waals surface area contributed by atoms with Crippen molar-refractivity contribution in [1.29, 1.82) is 0 Å². The molecule has 2 aromatic rings. The van der Waals surface area contributed by atoms with E-state index in [1.807, 2.05) is 37.4 Å². The minimum atomic E-state index is 0.293. The number of nitrogens with one attached hydrogen (secondary N) is 2. The Bertz CT molecular complexity index is 476. The standard InChI is InChI=1S/C13H16ClN3/c1-9(11-3-5-13(14)6-4-11)15-7-12-8-16-17-10(12)2/h3-6,8-9,15H,7H2,1-2H3,(H,16,17). The Hall–Kier alpha value is -1.32. The molecule has 17 heavy (non-hydrogen) atoms. The predicted octanol–water partition coefficient (Wildman–Crippen LogP) is 3.22. The monoisotopic (exact) mass is 249 g/mol. The van der Waals surface area contributed by atoms with Crippen LogP contribution in [-0.4, -0.2) is 10.2 Å². The molecular formula is C13H16ClN3. The van der Waals surface area contributed by atoms with Gasteiger partial charge in [0.2, 0.25) is 0 Å². The van der Waals surface area contributed by atoms with Crippen molar-refractivity contribution in [2.24, 2.45) is 0 Å². The zero-order valence-corrected chi connectivity index (χ0v) is 10.8. The summed E-state index contributed by atoms with van der Waals surface area (Å²) in [5, 5.41) is 11.2. The van der Waals surface area contributed by atoms with Gasteiger partial charge >= 0.3 is 0 Å². The Kier molecular flexibility index (Phi) is 3.82. The summed E-state index contributed by atoms with van der Waals surface area (Å²) in [6.45, 7) is 4.97. The Morgan fingerprint density at radius 2 is 2.06 bits per heavy atom. The molecule has 4 heteroatoms. The zero-order chi connectivity index (χ0) is 12.3. The van der Waals surface area contributed by atoms with E-state index in [0.29, 0.717) is 6.04 Å². The van der Waals surface area contributed by atoms with Gasteiger partial charge in [-0.1, -0.05) is 23.7 Å². The van der Waals surface area contributed by atoms with Gasteiger partial charge in [-0.3, -0.25) is 5.10 Å². The van der Waals surface area contributed by atoms with Crippen molar-refractivity contribution >= 4 is 11.6 Å². The lowest BCUT2D eigenvalue weighted by Crippen LogP contribution is -2.18. The Balaban J connectivity index is 1.95.